The highest BCUT2D eigenvalue weighted by molar-refractivity contribution is 7.92. The number of carbonyl (C=O) groups is 2. The topological polar surface area (TPSA) is 111 Å². The van der Waals surface area contributed by atoms with Gasteiger partial charge in [-0.15, -0.1) is 0 Å². The van der Waals surface area contributed by atoms with Crippen molar-refractivity contribution >= 4 is 33.3 Å². The van der Waals surface area contributed by atoms with Crippen LogP contribution in [0.3, 0.4) is 0 Å². The first-order chi connectivity index (χ1) is 12.3. The molecule has 0 aliphatic heterocycles. The summed E-state index contributed by atoms with van der Waals surface area (Å²) in [6, 6.07) is 11.9. The first-order valence-electron chi connectivity index (χ1n) is 7.50. The molecule has 1 amide bonds. The summed E-state index contributed by atoms with van der Waals surface area (Å²) in [7, 11) is -2.58. The standard InChI is InChI=1S/C17H18N2O6S/c1-12(20)18-13-4-3-5-14(10-13)19-26(22,23)16-8-6-15(7-9-16)25-11-17(21)24-2/h3-10,19H,11H2,1-2H3,(H,18,20). The lowest BCUT2D eigenvalue weighted by Gasteiger charge is -2.10. The summed E-state index contributed by atoms with van der Waals surface area (Å²) in [6.07, 6.45) is 0. The number of nitrogens with one attached hydrogen (secondary N) is 2. The van der Waals surface area contributed by atoms with Gasteiger partial charge >= 0.3 is 5.97 Å². The summed E-state index contributed by atoms with van der Waals surface area (Å²) in [5.41, 5.74) is 0.784. The zero-order chi connectivity index (χ0) is 19.2. The number of carbonyl (C=O) groups excluding carboxylic acids is 2. The first-order valence-corrected chi connectivity index (χ1v) is 8.98. The van der Waals surface area contributed by atoms with Crippen molar-refractivity contribution in [1.82, 2.24) is 0 Å². The molecule has 0 unspecified atom stereocenters. The summed E-state index contributed by atoms with van der Waals surface area (Å²) >= 11 is 0. The number of benzene rings is 2. The molecule has 0 saturated carbocycles. The van der Waals surface area contributed by atoms with Crippen molar-refractivity contribution in [2.75, 3.05) is 23.8 Å². The van der Waals surface area contributed by atoms with Crippen LogP contribution in [0.25, 0.3) is 0 Å². The fourth-order valence-corrected chi connectivity index (χ4v) is 3.04. The number of anilines is 2. The Hall–Kier alpha value is -3.07. The molecule has 2 rings (SSSR count). The zero-order valence-corrected chi connectivity index (χ0v) is 15.0. The Balaban J connectivity index is 2.10. The maximum atomic E-state index is 12.4. The molecule has 0 aliphatic rings. The Bertz CT molecular complexity index is 894. The molecule has 0 bridgehead atoms. The quantitative estimate of drug-likeness (QED) is 0.713. The number of esters is 1. The van der Waals surface area contributed by atoms with Crippen molar-refractivity contribution in [2.24, 2.45) is 0 Å². The minimum absolute atomic E-state index is 0.0212. The van der Waals surface area contributed by atoms with Gasteiger partial charge in [0.05, 0.1) is 17.7 Å². The predicted octanol–water partition coefficient (Wildman–Crippen LogP) is 2.00. The molecule has 2 N–H and O–H groups in total. The van der Waals surface area contributed by atoms with Gasteiger partial charge in [0.1, 0.15) is 5.75 Å². The Labute approximate surface area is 151 Å². The molecule has 0 aliphatic carbocycles. The van der Waals surface area contributed by atoms with Crippen LogP contribution in [0.4, 0.5) is 11.4 Å². The lowest BCUT2D eigenvalue weighted by molar-refractivity contribution is -0.142. The second-order valence-corrected chi connectivity index (χ2v) is 6.89. The van der Waals surface area contributed by atoms with Crippen LogP contribution in [0.5, 0.6) is 5.75 Å². The van der Waals surface area contributed by atoms with Gasteiger partial charge in [0.25, 0.3) is 10.0 Å². The molecular weight excluding hydrogens is 360 g/mol. The van der Waals surface area contributed by atoms with Gasteiger partial charge in [-0.3, -0.25) is 9.52 Å². The van der Waals surface area contributed by atoms with E-state index in [0.717, 1.165) is 0 Å². The van der Waals surface area contributed by atoms with Crippen LogP contribution in [0.15, 0.2) is 53.4 Å². The highest BCUT2D eigenvalue weighted by Crippen LogP contribution is 2.21. The second-order valence-electron chi connectivity index (χ2n) is 5.20. The van der Waals surface area contributed by atoms with Crippen molar-refractivity contribution in [3.8, 4) is 5.75 Å². The first kappa shape index (κ1) is 19.3. The van der Waals surface area contributed by atoms with E-state index in [2.05, 4.69) is 14.8 Å². The van der Waals surface area contributed by atoms with Crippen molar-refractivity contribution in [3.05, 3.63) is 48.5 Å². The third-order valence-electron chi connectivity index (χ3n) is 3.15. The van der Waals surface area contributed by atoms with Gasteiger partial charge in [0.15, 0.2) is 6.61 Å². The van der Waals surface area contributed by atoms with Gasteiger partial charge in [0, 0.05) is 12.6 Å². The Kier molecular flexibility index (Phi) is 6.18. The van der Waals surface area contributed by atoms with Crippen molar-refractivity contribution in [3.63, 3.8) is 0 Å². The molecule has 0 aromatic heterocycles. The lowest BCUT2D eigenvalue weighted by atomic mass is 10.3. The van der Waals surface area contributed by atoms with Crippen molar-refractivity contribution in [1.29, 1.82) is 0 Å². The van der Waals surface area contributed by atoms with E-state index >= 15 is 0 Å². The van der Waals surface area contributed by atoms with Gasteiger partial charge in [-0.1, -0.05) is 6.07 Å². The summed E-state index contributed by atoms with van der Waals surface area (Å²) in [5.74, 6) is -0.461. The van der Waals surface area contributed by atoms with Crippen LogP contribution < -0.4 is 14.8 Å². The van der Waals surface area contributed by atoms with Gasteiger partial charge in [-0.05, 0) is 42.5 Å². The molecule has 26 heavy (non-hydrogen) atoms. The molecule has 2 aromatic rings. The summed E-state index contributed by atoms with van der Waals surface area (Å²) in [4.78, 5) is 22.1. The van der Waals surface area contributed by atoms with Crippen LogP contribution in [0.2, 0.25) is 0 Å². The van der Waals surface area contributed by atoms with E-state index in [4.69, 9.17) is 4.74 Å². The number of methoxy groups -OCH3 is 1. The molecule has 2 aromatic carbocycles. The highest BCUT2D eigenvalue weighted by atomic mass is 32.2. The summed E-state index contributed by atoms with van der Waals surface area (Å²) in [5, 5.41) is 2.58. The van der Waals surface area contributed by atoms with E-state index in [9.17, 15) is 18.0 Å². The number of hydrogen-bond acceptors (Lipinski definition) is 6. The smallest absolute Gasteiger partial charge is 0.343 e. The SMILES string of the molecule is COC(=O)COc1ccc(S(=O)(=O)Nc2cccc(NC(C)=O)c2)cc1. The highest BCUT2D eigenvalue weighted by Gasteiger charge is 2.15. The maximum Gasteiger partial charge on any atom is 0.343 e. The third-order valence-corrected chi connectivity index (χ3v) is 4.55. The van der Waals surface area contributed by atoms with Crippen LogP contribution in [0.1, 0.15) is 6.92 Å². The van der Waals surface area contributed by atoms with E-state index in [1.807, 2.05) is 0 Å². The molecule has 0 heterocycles. The fourth-order valence-electron chi connectivity index (χ4n) is 1.99. The van der Waals surface area contributed by atoms with Crippen LogP contribution >= 0.6 is 0 Å². The number of rotatable bonds is 7. The summed E-state index contributed by atoms with van der Waals surface area (Å²) < 4.78 is 36.9. The van der Waals surface area contributed by atoms with Crippen molar-refractivity contribution < 1.29 is 27.5 Å². The van der Waals surface area contributed by atoms with Crippen LogP contribution in [-0.2, 0) is 24.3 Å². The van der Waals surface area contributed by atoms with Crippen LogP contribution in [0, 0.1) is 0 Å². The predicted molar refractivity (Wildman–Crippen MR) is 95.5 cm³/mol. The molecular formula is C17H18N2O6S. The number of ether oxygens (including phenoxy) is 2. The van der Waals surface area contributed by atoms with E-state index in [1.165, 1.54) is 44.4 Å². The average Bonchev–Trinajstić information content (AvgIpc) is 2.59. The monoisotopic (exact) mass is 378 g/mol. The van der Waals surface area contributed by atoms with Gasteiger partial charge in [0.2, 0.25) is 5.91 Å². The molecule has 138 valence electrons. The van der Waals surface area contributed by atoms with E-state index in [-0.39, 0.29) is 17.4 Å². The van der Waals surface area contributed by atoms with E-state index in [0.29, 0.717) is 17.1 Å². The van der Waals surface area contributed by atoms with E-state index < -0.39 is 16.0 Å². The molecule has 0 saturated heterocycles. The molecule has 0 atom stereocenters. The minimum atomic E-state index is -3.82. The summed E-state index contributed by atoms with van der Waals surface area (Å²) in [6.45, 7) is 1.09. The Morgan fingerprint density at radius 2 is 1.69 bits per heavy atom. The van der Waals surface area contributed by atoms with Crippen molar-refractivity contribution in [2.45, 2.75) is 11.8 Å². The molecule has 0 fully saturated rings. The molecule has 0 radical (unpaired) electrons. The van der Waals surface area contributed by atoms with Gasteiger partial charge in [-0.2, -0.15) is 0 Å². The Morgan fingerprint density at radius 1 is 1.04 bits per heavy atom. The normalized spacial score (nSPS) is 10.7. The second kappa shape index (κ2) is 8.34. The third kappa shape index (κ3) is 5.49. The van der Waals surface area contributed by atoms with Crippen LogP contribution in [-0.4, -0.2) is 34.0 Å². The number of amides is 1. The van der Waals surface area contributed by atoms with E-state index in [1.54, 1.807) is 18.2 Å². The zero-order valence-electron chi connectivity index (χ0n) is 14.2. The maximum absolute atomic E-state index is 12.4. The Morgan fingerprint density at radius 3 is 2.31 bits per heavy atom. The minimum Gasteiger partial charge on any atom is -0.482 e. The lowest BCUT2D eigenvalue weighted by Crippen LogP contribution is -2.14. The van der Waals surface area contributed by atoms with Gasteiger partial charge in [-0.25, -0.2) is 13.2 Å². The largest absolute Gasteiger partial charge is 0.482 e. The average molecular weight is 378 g/mol. The fraction of sp³-hybridized carbons (Fsp3) is 0.176. The molecule has 9 heteroatoms. The molecule has 0 spiro atoms. The number of sulfonamides is 1. The molecule has 8 nitrogen and oxygen atoms in total. The number of hydrogen-bond donors (Lipinski definition) is 2. The van der Waals surface area contributed by atoms with Gasteiger partial charge < -0.3 is 14.8 Å².